The van der Waals surface area contributed by atoms with E-state index >= 15 is 0 Å². The minimum atomic E-state index is -0.330. The molecule has 2 aromatic heterocycles. The smallest absolute Gasteiger partial charge is 0.221 e. The number of rotatable bonds is 7. The molecule has 0 spiro atoms. The Balaban J connectivity index is 1.81. The van der Waals surface area contributed by atoms with Crippen LogP contribution in [0.2, 0.25) is 5.02 Å². The molecule has 0 aliphatic heterocycles. The quantitative estimate of drug-likeness (QED) is 0.421. The van der Waals surface area contributed by atoms with Crippen molar-refractivity contribution in [3.05, 3.63) is 71.1 Å². The largest absolute Gasteiger partial charge is 0.369 e. The number of hydrogen-bond donors (Lipinski definition) is 1. The minimum absolute atomic E-state index is 0.237. The van der Waals surface area contributed by atoms with Crippen molar-refractivity contribution in [2.24, 2.45) is 5.73 Å². The maximum atomic E-state index is 11.3. The highest BCUT2D eigenvalue weighted by Gasteiger charge is 2.18. The lowest BCUT2D eigenvalue weighted by atomic mass is 10.1. The molecule has 7 heteroatoms. The zero-order chi connectivity index (χ0) is 21.3. The van der Waals surface area contributed by atoms with E-state index in [1.54, 1.807) is 11.8 Å². The second-order valence-corrected chi connectivity index (χ2v) is 8.79. The van der Waals surface area contributed by atoms with Gasteiger partial charge in [-0.3, -0.25) is 9.48 Å². The zero-order valence-electron chi connectivity index (χ0n) is 16.9. The number of aromatic nitrogens is 3. The molecule has 4 rings (SSSR count). The third-order valence-electron chi connectivity index (χ3n) is 4.94. The van der Waals surface area contributed by atoms with Gasteiger partial charge in [-0.2, -0.15) is 5.10 Å². The number of aryl methyl sites for hydroxylation is 1. The Kier molecular flexibility index (Phi) is 5.88. The molecule has 154 valence electrons. The molecule has 4 aromatic rings. The Hall–Kier alpha value is -2.70. The molecule has 2 heterocycles. The number of primary amides is 1. The van der Waals surface area contributed by atoms with E-state index in [0.29, 0.717) is 5.02 Å². The van der Waals surface area contributed by atoms with Crippen LogP contribution in [-0.4, -0.2) is 20.3 Å². The van der Waals surface area contributed by atoms with Crippen molar-refractivity contribution in [1.29, 1.82) is 0 Å². The van der Waals surface area contributed by atoms with Crippen LogP contribution in [0.3, 0.4) is 0 Å². The summed E-state index contributed by atoms with van der Waals surface area (Å²) >= 11 is 8.02. The summed E-state index contributed by atoms with van der Waals surface area (Å²) in [5, 5.41) is 6.32. The number of fused-ring (bicyclic) bond motifs is 1. The summed E-state index contributed by atoms with van der Waals surface area (Å²) in [6.45, 7) is 5.13. The van der Waals surface area contributed by atoms with E-state index in [2.05, 4.69) is 35.8 Å². The monoisotopic (exact) mass is 438 g/mol. The van der Waals surface area contributed by atoms with Crippen molar-refractivity contribution < 1.29 is 4.79 Å². The van der Waals surface area contributed by atoms with Gasteiger partial charge in [0.25, 0.3) is 0 Å². The van der Waals surface area contributed by atoms with Gasteiger partial charge in [-0.05, 0) is 43.2 Å². The fourth-order valence-corrected chi connectivity index (χ4v) is 4.96. The van der Waals surface area contributed by atoms with Crippen LogP contribution in [0.1, 0.15) is 24.6 Å². The van der Waals surface area contributed by atoms with E-state index in [0.717, 1.165) is 50.6 Å². The highest BCUT2D eigenvalue weighted by Crippen LogP contribution is 2.40. The molecule has 1 amide bonds. The first-order valence-corrected chi connectivity index (χ1v) is 11.0. The van der Waals surface area contributed by atoms with Crippen molar-refractivity contribution in [2.75, 3.05) is 0 Å². The second-order valence-electron chi connectivity index (χ2n) is 7.27. The predicted octanol–water partition coefficient (Wildman–Crippen LogP) is 5.38. The van der Waals surface area contributed by atoms with Crippen LogP contribution in [0.25, 0.3) is 16.6 Å². The highest BCUT2D eigenvalue weighted by molar-refractivity contribution is 7.99. The van der Waals surface area contributed by atoms with E-state index in [-0.39, 0.29) is 12.3 Å². The molecule has 0 radical (unpaired) electrons. The number of hydrogen-bond acceptors (Lipinski definition) is 3. The Bertz CT molecular complexity index is 1230. The summed E-state index contributed by atoms with van der Waals surface area (Å²) in [4.78, 5) is 13.5. The topological polar surface area (TPSA) is 65.8 Å². The van der Waals surface area contributed by atoms with Gasteiger partial charge in [0.05, 0.1) is 23.8 Å². The number of carbonyl (C=O) groups excluding carboxylic acids is 1. The van der Waals surface area contributed by atoms with E-state index in [1.807, 2.05) is 47.3 Å². The molecular weight excluding hydrogens is 416 g/mol. The maximum Gasteiger partial charge on any atom is 0.221 e. The van der Waals surface area contributed by atoms with Gasteiger partial charge in [-0.1, -0.05) is 48.5 Å². The molecule has 0 aliphatic carbocycles. The third-order valence-corrected chi connectivity index (χ3v) is 6.38. The number of benzene rings is 2. The van der Waals surface area contributed by atoms with Gasteiger partial charge in [0, 0.05) is 38.6 Å². The van der Waals surface area contributed by atoms with E-state index in [4.69, 9.17) is 17.3 Å². The van der Waals surface area contributed by atoms with Gasteiger partial charge in [0.1, 0.15) is 0 Å². The second kappa shape index (κ2) is 8.58. The summed E-state index contributed by atoms with van der Waals surface area (Å²) in [7, 11) is 0. The first-order chi connectivity index (χ1) is 14.5. The molecule has 2 aromatic carbocycles. The average molecular weight is 439 g/mol. The maximum absolute atomic E-state index is 11.3. The normalized spacial score (nSPS) is 11.3. The summed E-state index contributed by atoms with van der Waals surface area (Å²) in [5.74, 6) is -0.330. The highest BCUT2D eigenvalue weighted by atomic mass is 35.5. The fourth-order valence-electron chi connectivity index (χ4n) is 3.68. The van der Waals surface area contributed by atoms with Crippen LogP contribution in [-0.2, 0) is 17.8 Å². The van der Waals surface area contributed by atoms with E-state index < -0.39 is 0 Å². The van der Waals surface area contributed by atoms with Crippen molar-refractivity contribution in [1.82, 2.24) is 14.3 Å². The molecule has 0 saturated carbocycles. The Morgan fingerprint density at radius 1 is 1.23 bits per heavy atom. The van der Waals surface area contributed by atoms with Crippen LogP contribution in [0.4, 0.5) is 0 Å². The zero-order valence-corrected chi connectivity index (χ0v) is 18.5. The number of halogens is 1. The van der Waals surface area contributed by atoms with Crippen molar-refractivity contribution >= 4 is 40.2 Å². The predicted molar refractivity (Wildman–Crippen MR) is 123 cm³/mol. The molecular formula is C23H23ClN4OS. The van der Waals surface area contributed by atoms with Crippen LogP contribution >= 0.6 is 23.4 Å². The summed E-state index contributed by atoms with van der Waals surface area (Å²) in [5.41, 5.74) is 9.46. The van der Waals surface area contributed by atoms with Crippen LogP contribution in [0.5, 0.6) is 0 Å². The lowest BCUT2D eigenvalue weighted by Crippen LogP contribution is -2.13. The molecule has 30 heavy (non-hydrogen) atoms. The summed E-state index contributed by atoms with van der Waals surface area (Å²) in [6.07, 6.45) is 5.23. The molecule has 0 saturated heterocycles. The molecule has 0 unspecified atom stereocenters. The Labute approximate surface area is 184 Å². The minimum Gasteiger partial charge on any atom is -0.369 e. The number of nitrogens with two attached hydrogens (primary N) is 1. The van der Waals surface area contributed by atoms with E-state index in [9.17, 15) is 4.79 Å². The first-order valence-electron chi connectivity index (χ1n) is 9.84. The van der Waals surface area contributed by atoms with Gasteiger partial charge in [-0.15, -0.1) is 0 Å². The molecule has 0 aliphatic rings. The van der Waals surface area contributed by atoms with Gasteiger partial charge >= 0.3 is 0 Å². The SMILES string of the molecule is CCCn1cc(-n2c(C)c(Sc3cccc(CC(N)=O)c3)c3ccc(Cl)cc32)cn1. The molecule has 0 fully saturated rings. The lowest BCUT2D eigenvalue weighted by molar-refractivity contribution is -0.117. The van der Waals surface area contributed by atoms with Gasteiger partial charge in [0.2, 0.25) is 5.91 Å². The van der Waals surface area contributed by atoms with Crippen molar-refractivity contribution in [3.8, 4) is 5.69 Å². The standard InChI is InChI=1S/C23H23ClN4OS/c1-3-9-27-14-18(13-26-27)28-15(2)23(20-8-7-17(24)12-21(20)28)30-19-6-4-5-16(10-19)11-22(25)29/h4-8,10,12-14H,3,9,11H2,1-2H3,(H2,25,29). The summed E-state index contributed by atoms with van der Waals surface area (Å²) < 4.78 is 4.17. The van der Waals surface area contributed by atoms with Crippen LogP contribution < -0.4 is 5.73 Å². The van der Waals surface area contributed by atoms with Gasteiger partial charge < -0.3 is 10.3 Å². The Morgan fingerprint density at radius 3 is 2.83 bits per heavy atom. The van der Waals surface area contributed by atoms with Gasteiger partial charge in [-0.25, -0.2) is 0 Å². The van der Waals surface area contributed by atoms with Crippen molar-refractivity contribution in [3.63, 3.8) is 0 Å². The van der Waals surface area contributed by atoms with E-state index in [1.165, 1.54) is 0 Å². The molecule has 0 bridgehead atoms. The molecule has 2 N–H and O–H groups in total. The Morgan fingerprint density at radius 2 is 2.07 bits per heavy atom. The third kappa shape index (κ3) is 4.11. The van der Waals surface area contributed by atoms with Gasteiger partial charge in [0.15, 0.2) is 0 Å². The van der Waals surface area contributed by atoms with Crippen LogP contribution in [0, 0.1) is 6.92 Å². The average Bonchev–Trinajstić information content (AvgIpc) is 3.24. The lowest BCUT2D eigenvalue weighted by Gasteiger charge is -2.07. The number of carbonyl (C=O) groups is 1. The van der Waals surface area contributed by atoms with Crippen molar-refractivity contribution in [2.45, 2.75) is 43.0 Å². The molecule has 5 nitrogen and oxygen atoms in total. The molecule has 0 atom stereocenters. The first kappa shape index (κ1) is 20.6. The summed E-state index contributed by atoms with van der Waals surface area (Å²) in [6, 6.07) is 13.9. The fraction of sp³-hybridized carbons (Fsp3) is 0.217. The number of amides is 1. The van der Waals surface area contributed by atoms with Crippen LogP contribution in [0.15, 0.2) is 64.6 Å². The number of nitrogens with zero attached hydrogens (tertiary/aromatic N) is 3.